The lowest BCUT2D eigenvalue weighted by Gasteiger charge is -2.37. The number of carbonyl (C=O) groups is 1. The molecule has 0 spiro atoms. The van der Waals surface area contributed by atoms with Crippen molar-refractivity contribution in [3.05, 3.63) is 74.0 Å². The number of anilines is 2. The van der Waals surface area contributed by atoms with Crippen molar-refractivity contribution in [1.82, 2.24) is 14.3 Å². The molecule has 0 bridgehead atoms. The number of piperazine rings is 1. The van der Waals surface area contributed by atoms with E-state index in [1.807, 2.05) is 51.1 Å². The van der Waals surface area contributed by atoms with Crippen molar-refractivity contribution in [2.45, 2.75) is 20.8 Å². The van der Waals surface area contributed by atoms with Gasteiger partial charge in [-0.25, -0.2) is 4.98 Å². The number of fused-ring (bicyclic) bond motifs is 1. The molecule has 2 aliphatic heterocycles. The molecular formula is C27H28ClN5O2S2. The van der Waals surface area contributed by atoms with Crippen molar-refractivity contribution >= 4 is 69.0 Å². The second kappa shape index (κ2) is 10.5. The number of hydrogen-bond acceptors (Lipinski definition) is 7. The Bertz CT molecular complexity index is 1480. The molecule has 0 unspecified atom stereocenters. The molecule has 2 aromatic heterocycles. The molecule has 0 saturated carbocycles. The third-order valence-corrected chi connectivity index (χ3v) is 8.05. The summed E-state index contributed by atoms with van der Waals surface area (Å²) < 4.78 is 2.08. The largest absolute Gasteiger partial charge is 0.368 e. The molecule has 192 valence electrons. The summed E-state index contributed by atoms with van der Waals surface area (Å²) in [5.41, 5.74) is 2.81. The third-order valence-electron chi connectivity index (χ3n) is 6.43. The van der Waals surface area contributed by atoms with Crippen LogP contribution in [0.5, 0.6) is 0 Å². The molecule has 7 nitrogen and oxygen atoms in total. The van der Waals surface area contributed by atoms with Crippen LogP contribution in [-0.2, 0) is 4.79 Å². The highest BCUT2D eigenvalue weighted by atomic mass is 35.5. The van der Waals surface area contributed by atoms with Crippen LogP contribution in [0.1, 0.15) is 25.0 Å². The van der Waals surface area contributed by atoms with Crippen LogP contribution in [0.25, 0.3) is 11.7 Å². The first-order valence-corrected chi connectivity index (χ1v) is 13.9. The Kier molecular flexibility index (Phi) is 7.29. The van der Waals surface area contributed by atoms with E-state index in [-0.39, 0.29) is 17.4 Å². The van der Waals surface area contributed by atoms with Crippen molar-refractivity contribution in [3.8, 4) is 0 Å². The van der Waals surface area contributed by atoms with Gasteiger partial charge in [-0.3, -0.25) is 18.9 Å². The zero-order valence-corrected chi connectivity index (χ0v) is 23.4. The third kappa shape index (κ3) is 5.26. The molecule has 37 heavy (non-hydrogen) atoms. The maximum Gasteiger partial charge on any atom is 0.267 e. The second-order valence-electron chi connectivity index (χ2n) is 9.73. The van der Waals surface area contributed by atoms with Gasteiger partial charge >= 0.3 is 0 Å². The van der Waals surface area contributed by atoms with E-state index in [1.54, 1.807) is 21.6 Å². The number of hydrogen-bond donors (Lipinski definition) is 0. The Labute approximate surface area is 230 Å². The maximum atomic E-state index is 13.8. The molecule has 0 radical (unpaired) electrons. The fourth-order valence-corrected chi connectivity index (χ4v) is 6.06. The molecule has 3 aromatic rings. The number of thiocarbonyl (C=S) groups is 1. The number of aromatic nitrogens is 2. The summed E-state index contributed by atoms with van der Waals surface area (Å²) in [5.74, 6) is 0.715. The van der Waals surface area contributed by atoms with Crippen LogP contribution in [0, 0.1) is 12.8 Å². The first-order valence-electron chi connectivity index (χ1n) is 12.2. The predicted molar refractivity (Wildman–Crippen MR) is 157 cm³/mol. The van der Waals surface area contributed by atoms with Crippen LogP contribution < -0.4 is 15.4 Å². The smallest absolute Gasteiger partial charge is 0.267 e. The van der Waals surface area contributed by atoms with E-state index >= 15 is 0 Å². The van der Waals surface area contributed by atoms with Gasteiger partial charge in [0.2, 0.25) is 0 Å². The van der Waals surface area contributed by atoms with Gasteiger partial charge < -0.3 is 9.80 Å². The molecular weight excluding hydrogens is 526 g/mol. The Morgan fingerprint density at radius 2 is 1.84 bits per heavy atom. The second-order valence-corrected chi connectivity index (χ2v) is 11.8. The number of halogens is 1. The number of aryl methyl sites for hydroxylation is 1. The number of carbonyl (C=O) groups excluding carboxylic acids is 1. The summed E-state index contributed by atoms with van der Waals surface area (Å²) in [6.07, 6.45) is 3.47. The topological polar surface area (TPSA) is 61.2 Å². The van der Waals surface area contributed by atoms with Crippen molar-refractivity contribution in [2.24, 2.45) is 5.92 Å². The number of rotatable bonds is 5. The predicted octanol–water partition coefficient (Wildman–Crippen LogP) is 4.84. The van der Waals surface area contributed by atoms with Crippen LogP contribution in [-0.4, -0.2) is 57.2 Å². The van der Waals surface area contributed by atoms with Gasteiger partial charge in [-0.15, -0.1) is 0 Å². The van der Waals surface area contributed by atoms with E-state index < -0.39 is 0 Å². The fraction of sp³-hybridized carbons (Fsp3) is 0.333. The minimum atomic E-state index is -0.199. The lowest BCUT2D eigenvalue weighted by atomic mass is 10.2. The Morgan fingerprint density at radius 1 is 1.11 bits per heavy atom. The van der Waals surface area contributed by atoms with Crippen LogP contribution >= 0.6 is 35.6 Å². The van der Waals surface area contributed by atoms with Crippen LogP contribution in [0.2, 0.25) is 5.02 Å². The van der Waals surface area contributed by atoms with E-state index in [2.05, 4.69) is 15.9 Å². The normalized spacial score (nSPS) is 17.6. The van der Waals surface area contributed by atoms with Gasteiger partial charge in [0.1, 0.15) is 15.8 Å². The standard InChI is InChI=1S/C27H28ClN5O2S2/c1-17(2)15-33-26(35)22(37-27(33)36)14-21-24(29-23-8-7-18(3)16-32(23)25(21)34)31-11-9-30(10-12-31)20-6-4-5-19(28)13-20/h4-8,13-14,16-17H,9-12,15H2,1-3H3. The molecule has 4 heterocycles. The first-order chi connectivity index (χ1) is 17.7. The summed E-state index contributed by atoms with van der Waals surface area (Å²) >= 11 is 12.9. The lowest BCUT2D eigenvalue weighted by Crippen LogP contribution is -2.47. The van der Waals surface area contributed by atoms with Crippen LogP contribution in [0.15, 0.2) is 52.3 Å². The number of thioether (sulfide) groups is 1. The number of nitrogens with zero attached hydrogens (tertiary/aromatic N) is 5. The summed E-state index contributed by atoms with van der Waals surface area (Å²) in [6, 6.07) is 11.6. The van der Waals surface area contributed by atoms with Crippen molar-refractivity contribution < 1.29 is 4.79 Å². The molecule has 1 amide bonds. The Hall–Kier alpha value is -2.88. The summed E-state index contributed by atoms with van der Waals surface area (Å²) in [4.78, 5) is 38.3. The average molecular weight is 554 g/mol. The Balaban J connectivity index is 1.53. The number of amides is 1. The highest BCUT2D eigenvalue weighted by Gasteiger charge is 2.33. The molecule has 1 aromatic carbocycles. The van der Waals surface area contributed by atoms with Gasteiger partial charge in [0.05, 0.1) is 10.5 Å². The zero-order valence-electron chi connectivity index (χ0n) is 21.0. The van der Waals surface area contributed by atoms with Gasteiger partial charge in [-0.2, -0.15) is 0 Å². The molecule has 2 fully saturated rings. The van der Waals surface area contributed by atoms with Gasteiger partial charge in [-0.05, 0) is 48.7 Å². The number of benzene rings is 1. The average Bonchev–Trinajstić information content (AvgIpc) is 3.13. The van der Waals surface area contributed by atoms with Crippen molar-refractivity contribution in [1.29, 1.82) is 0 Å². The van der Waals surface area contributed by atoms with Gasteiger partial charge in [0.15, 0.2) is 0 Å². The lowest BCUT2D eigenvalue weighted by molar-refractivity contribution is -0.122. The molecule has 5 rings (SSSR count). The summed E-state index contributed by atoms with van der Waals surface area (Å²) in [6.45, 7) is 9.44. The minimum Gasteiger partial charge on any atom is -0.368 e. The number of pyridine rings is 1. The highest BCUT2D eigenvalue weighted by Crippen LogP contribution is 2.34. The summed E-state index contributed by atoms with van der Waals surface area (Å²) in [5, 5.41) is 0.705. The van der Waals surface area contributed by atoms with Crippen LogP contribution in [0.3, 0.4) is 0 Å². The van der Waals surface area contributed by atoms with E-state index in [0.717, 1.165) is 24.3 Å². The maximum absolute atomic E-state index is 13.8. The van der Waals surface area contributed by atoms with Crippen LogP contribution in [0.4, 0.5) is 11.5 Å². The fourth-order valence-electron chi connectivity index (χ4n) is 4.62. The van der Waals surface area contributed by atoms with Gasteiger partial charge in [0, 0.05) is 49.6 Å². The zero-order chi connectivity index (χ0) is 26.3. The molecule has 0 aliphatic carbocycles. The van der Waals surface area contributed by atoms with Crippen molar-refractivity contribution in [3.63, 3.8) is 0 Å². The quantitative estimate of drug-likeness (QED) is 0.331. The molecule has 2 saturated heterocycles. The van der Waals surface area contributed by atoms with E-state index in [1.165, 1.54) is 11.8 Å². The molecule has 0 N–H and O–H groups in total. The Morgan fingerprint density at radius 3 is 2.54 bits per heavy atom. The van der Waals surface area contributed by atoms with Gasteiger partial charge in [0.25, 0.3) is 11.5 Å². The monoisotopic (exact) mass is 553 g/mol. The van der Waals surface area contributed by atoms with E-state index in [9.17, 15) is 9.59 Å². The minimum absolute atomic E-state index is 0.158. The van der Waals surface area contributed by atoms with E-state index in [4.69, 9.17) is 28.8 Å². The highest BCUT2D eigenvalue weighted by molar-refractivity contribution is 8.26. The molecule has 2 aliphatic rings. The van der Waals surface area contributed by atoms with Gasteiger partial charge in [-0.1, -0.05) is 61.6 Å². The molecule has 10 heteroatoms. The molecule has 0 atom stereocenters. The summed E-state index contributed by atoms with van der Waals surface area (Å²) in [7, 11) is 0. The van der Waals surface area contributed by atoms with E-state index in [0.29, 0.717) is 50.9 Å². The first kappa shape index (κ1) is 25.8. The van der Waals surface area contributed by atoms with Crippen molar-refractivity contribution in [2.75, 3.05) is 42.5 Å². The SMILES string of the molecule is Cc1ccc2nc(N3CCN(c4cccc(Cl)c4)CC3)c(C=C3SC(=S)N(CC(C)C)C3=O)c(=O)n2c1.